The van der Waals surface area contributed by atoms with Crippen LogP contribution < -0.4 is 10.1 Å². The molecule has 0 spiro atoms. The number of rotatable bonds is 6. The fourth-order valence-electron chi connectivity index (χ4n) is 6.99. The summed E-state index contributed by atoms with van der Waals surface area (Å²) >= 11 is 1.63. The summed E-state index contributed by atoms with van der Waals surface area (Å²) in [7, 11) is 5.78. The van der Waals surface area contributed by atoms with Crippen LogP contribution in [0.3, 0.4) is 0 Å². The number of hydrogen-bond donors (Lipinski definition) is 1. The molecule has 4 aromatic heterocycles. The Hall–Kier alpha value is -3.73. The first kappa shape index (κ1) is 28.1. The fraction of sp³-hybridized carbons (Fsp3) is 0.424. The Bertz CT molecular complexity index is 1790. The summed E-state index contributed by atoms with van der Waals surface area (Å²) in [4.78, 5) is 29.4. The van der Waals surface area contributed by atoms with E-state index in [2.05, 4.69) is 37.7 Å². The van der Waals surface area contributed by atoms with E-state index < -0.39 is 0 Å². The van der Waals surface area contributed by atoms with Crippen molar-refractivity contribution in [3.05, 3.63) is 65.3 Å². The lowest BCUT2D eigenvalue weighted by molar-refractivity contribution is 0.0872. The van der Waals surface area contributed by atoms with Crippen LogP contribution in [0.25, 0.3) is 27.0 Å². The first-order chi connectivity index (χ1) is 20.9. The lowest BCUT2D eigenvalue weighted by Crippen LogP contribution is -2.49. The number of thiophene rings is 1. The van der Waals surface area contributed by atoms with Gasteiger partial charge in [-0.2, -0.15) is 0 Å². The molecular weight excluding hydrogens is 558 g/mol. The predicted molar refractivity (Wildman–Crippen MR) is 173 cm³/mol. The second-order valence-electron chi connectivity index (χ2n) is 12.0. The van der Waals surface area contributed by atoms with Crippen LogP contribution in [-0.4, -0.2) is 81.0 Å². The van der Waals surface area contributed by atoms with E-state index in [1.165, 1.54) is 25.9 Å². The summed E-state index contributed by atoms with van der Waals surface area (Å²) in [5.74, 6) is 1.96. The average molecular weight is 598 g/mol. The molecule has 224 valence electrons. The van der Waals surface area contributed by atoms with Crippen molar-refractivity contribution in [3.8, 4) is 17.0 Å². The third-order valence-corrected chi connectivity index (χ3v) is 10.5. The quantitative estimate of drug-likeness (QED) is 0.267. The molecule has 1 amide bonds. The number of benzene rings is 1. The molecule has 1 saturated heterocycles. The van der Waals surface area contributed by atoms with Gasteiger partial charge in [-0.05, 0) is 69.3 Å². The first-order valence-electron chi connectivity index (χ1n) is 15.2. The maximum Gasteiger partial charge on any atom is 0.272 e. The van der Waals surface area contributed by atoms with Gasteiger partial charge in [-0.3, -0.25) is 19.1 Å². The van der Waals surface area contributed by atoms with Crippen molar-refractivity contribution in [1.82, 2.24) is 28.7 Å². The Morgan fingerprint density at radius 2 is 1.84 bits per heavy atom. The van der Waals surface area contributed by atoms with Crippen LogP contribution in [0.4, 0.5) is 5.69 Å². The maximum absolute atomic E-state index is 13.2. The van der Waals surface area contributed by atoms with Crippen molar-refractivity contribution in [2.45, 2.75) is 44.6 Å². The number of ether oxygens (including phenoxy) is 1. The number of aryl methyl sites for hydroxylation is 2. The van der Waals surface area contributed by atoms with Crippen LogP contribution in [0, 0.1) is 6.92 Å². The Morgan fingerprint density at radius 1 is 1.05 bits per heavy atom. The van der Waals surface area contributed by atoms with Gasteiger partial charge in [0.1, 0.15) is 22.1 Å². The Labute approximate surface area is 256 Å². The molecule has 7 rings (SSSR count). The molecule has 1 aliphatic heterocycles. The van der Waals surface area contributed by atoms with E-state index >= 15 is 0 Å². The Balaban J connectivity index is 1.15. The van der Waals surface area contributed by atoms with Gasteiger partial charge in [-0.15, -0.1) is 11.3 Å². The third kappa shape index (κ3) is 5.11. The number of nitrogens with zero attached hydrogens (tertiary/aromatic N) is 6. The van der Waals surface area contributed by atoms with Crippen LogP contribution >= 0.6 is 11.3 Å². The standard InChI is InChI=1S/C33H39N7O2S/c1-21-30-29(23-7-10-26(28(20-23)42-4)35-32(41)27-19-24-11-18-43-33(24)38(27)3)36-31(40(30)13-12-34-21)22-5-8-25(9-6-22)39-16-14-37(2)15-17-39/h7,10-13,18-20,22,25H,5-6,8-9,14-17H2,1-4H3,(H,35,41). The second-order valence-corrected chi connectivity index (χ2v) is 12.9. The molecule has 1 saturated carbocycles. The molecule has 1 aromatic carbocycles. The number of hydrogen-bond acceptors (Lipinski definition) is 7. The molecule has 0 atom stereocenters. The molecule has 2 fully saturated rings. The summed E-state index contributed by atoms with van der Waals surface area (Å²) in [5, 5.41) is 6.17. The zero-order valence-corrected chi connectivity index (χ0v) is 26.2. The van der Waals surface area contributed by atoms with E-state index in [9.17, 15) is 4.79 Å². The van der Waals surface area contributed by atoms with E-state index in [4.69, 9.17) is 9.72 Å². The lowest BCUT2D eigenvalue weighted by Gasteiger charge is -2.41. The molecule has 0 unspecified atom stereocenters. The van der Waals surface area contributed by atoms with Gasteiger partial charge in [-0.1, -0.05) is 6.07 Å². The normalized spacial score (nSPS) is 20.2. The van der Waals surface area contributed by atoms with Crippen LogP contribution in [0.5, 0.6) is 5.75 Å². The van der Waals surface area contributed by atoms with Crippen molar-refractivity contribution < 1.29 is 9.53 Å². The Morgan fingerprint density at radius 3 is 2.58 bits per heavy atom. The molecule has 5 aromatic rings. The molecule has 0 bridgehead atoms. The highest BCUT2D eigenvalue weighted by molar-refractivity contribution is 7.16. The number of amides is 1. The van der Waals surface area contributed by atoms with Gasteiger partial charge in [0, 0.05) is 68.5 Å². The van der Waals surface area contributed by atoms with Gasteiger partial charge < -0.3 is 19.5 Å². The number of nitrogens with one attached hydrogen (secondary N) is 1. The molecule has 1 N–H and O–H groups in total. The summed E-state index contributed by atoms with van der Waals surface area (Å²) in [6, 6.07) is 10.5. The summed E-state index contributed by atoms with van der Waals surface area (Å²) < 4.78 is 9.97. The third-order valence-electron chi connectivity index (χ3n) is 9.47. The molecule has 9 nitrogen and oxygen atoms in total. The summed E-state index contributed by atoms with van der Waals surface area (Å²) in [6.07, 6.45) is 8.63. The first-order valence-corrected chi connectivity index (χ1v) is 16.1. The van der Waals surface area contributed by atoms with E-state index in [1.807, 2.05) is 60.4 Å². The number of carbonyl (C=O) groups excluding carboxylic acids is 1. The highest BCUT2D eigenvalue weighted by Crippen LogP contribution is 2.39. The van der Waals surface area contributed by atoms with Crippen LogP contribution in [0.2, 0.25) is 0 Å². The zero-order chi connectivity index (χ0) is 29.7. The number of methoxy groups -OCH3 is 1. The predicted octanol–water partition coefficient (Wildman–Crippen LogP) is 5.79. The van der Waals surface area contributed by atoms with Gasteiger partial charge in [0.05, 0.1) is 29.7 Å². The van der Waals surface area contributed by atoms with Gasteiger partial charge in [-0.25, -0.2) is 4.98 Å². The SMILES string of the molecule is COc1cc(-c2nc(C3CCC(N4CCN(C)CC4)CC3)n3ccnc(C)c23)ccc1NC(=O)c1cc2ccsc2n1C. The molecular formula is C33H39N7O2S. The number of imidazole rings is 1. The number of aromatic nitrogens is 4. The second kappa shape index (κ2) is 11.4. The van der Waals surface area contributed by atoms with Gasteiger partial charge in [0.2, 0.25) is 0 Å². The molecule has 2 aliphatic rings. The molecule has 0 radical (unpaired) electrons. The number of likely N-dealkylation sites (N-methyl/N-ethyl adjacent to an activating group) is 1. The largest absolute Gasteiger partial charge is 0.495 e. The zero-order valence-electron chi connectivity index (χ0n) is 25.3. The highest BCUT2D eigenvalue weighted by Gasteiger charge is 2.31. The number of piperazine rings is 1. The minimum atomic E-state index is -0.168. The smallest absolute Gasteiger partial charge is 0.272 e. The number of fused-ring (bicyclic) bond motifs is 2. The summed E-state index contributed by atoms with van der Waals surface area (Å²) in [6.45, 7) is 6.73. The monoisotopic (exact) mass is 597 g/mol. The van der Waals surface area contributed by atoms with Gasteiger partial charge >= 0.3 is 0 Å². The Kier molecular flexibility index (Phi) is 7.44. The van der Waals surface area contributed by atoms with Gasteiger partial charge in [0.15, 0.2) is 0 Å². The molecule has 1 aliphatic carbocycles. The van der Waals surface area contributed by atoms with Crippen LogP contribution in [0.15, 0.2) is 48.1 Å². The van der Waals surface area contributed by atoms with Crippen LogP contribution in [0.1, 0.15) is 53.6 Å². The molecule has 43 heavy (non-hydrogen) atoms. The summed E-state index contributed by atoms with van der Waals surface area (Å²) in [5.41, 5.74) is 5.06. The fourth-order valence-corrected chi connectivity index (χ4v) is 7.85. The van der Waals surface area contributed by atoms with Gasteiger partial charge in [0.25, 0.3) is 5.91 Å². The van der Waals surface area contributed by atoms with Crippen molar-refractivity contribution in [3.63, 3.8) is 0 Å². The number of anilines is 1. The minimum Gasteiger partial charge on any atom is -0.495 e. The van der Waals surface area contributed by atoms with Crippen molar-refractivity contribution in [1.29, 1.82) is 0 Å². The lowest BCUT2D eigenvalue weighted by atomic mass is 9.84. The van der Waals surface area contributed by atoms with Crippen molar-refractivity contribution >= 4 is 38.7 Å². The maximum atomic E-state index is 13.2. The van der Waals surface area contributed by atoms with E-state index in [-0.39, 0.29) is 5.91 Å². The van der Waals surface area contributed by atoms with Crippen molar-refractivity contribution in [2.24, 2.45) is 7.05 Å². The minimum absolute atomic E-state index is 0.168. The average Bonchev–Trinajstić information content (AvgIpc) is 3.73. The van der Waals surface area contributed by atoms with E-state index in [1.54, 1.807) is 18.4 Å². The molecule has 10 heteroatoms. The molecule has 5 heterocycles. The number of carbonyl (C=O) groups is 1. The highest BCUT2D eigenvalue weighted by atomic mass is 32.1. The van der Waals surface area contributed by atoms with Crippen LogP contribution in [-0.2, 0) is 7.05 Å². The topological polar surface area (TPSA) is 79.9 Å². The van der Waals surface area contributed by atoms with Crippen molar-refractivity contribution in [2.75, 3.05) is 45.7 Å². The van der Waals surface area contributed by atoms with E-state index in [0.717, 1.165) is 64.4 Å². The van der Waals surface area contributed by atoms with E-state index in [0.29, 0.717) is 29.1 Å².